The summed E-state index contributed by atoms with van der Waals surface area (Å²) in [6.45, 7) is 1.91. The zero-order valence-electron chi connectivity index (χ0n) is 17.1. The number of benzene rings is 2. The molecule has 1 aromatic heterocycles. The largest absolute Gasteiger partial charge is 0.416 e. The summed E-state index contributed by atoms with van der Waals surface area (Å²) >= 11 is 1.32. The second kappa shape index (κ2) is 9.60. The Kier molecular flexibility index (Phi) is 6.64. The lowest BCUT2D eigenvalue weighted by Gasteiger charge is -2.36. The van der Waals surface area contributed by atoms with Gasteiger partial charge in [0, 0.05) is 37.4 Å². The Morgan fingerprint density at radius 2 is 1.66 bits per heavy atom. The Balaban J connectivity index is 1.28. The number of carbonyl (C=O) groups excluding carboxylic acids is 1. The molecule has 3 aromatic rings. The molecule has 2 aromatic carbocycles. The van der Waals surface area contributed by atoms with Gasteiger partial charge < -0.3 is 9.80 Å². The Hall–Kier alpha value is -3.07. The van der Waals surface area contributed by atoms with E-state index in [1.807, 2.05) is 47.4 Å². The Bertz CT molecular complexity index is 1050. The number of rotatable bonds is 5. The fourth-order valence-electron chi connectivity index (χ4n) is 3.48. The first-order valence-corrected chi connectivity index (χ1v) is 11.1. The highest BCUT2D eigenvalue weighted by Gasteiger charge is 2.31. The zero-order valence-corrected chi connectivity index (χ0v) is 17.9. The normalized spacial score (nSPS) is 14.5. The molecular formula is C23H21F3N4OS. The molecule has 0 spiro atoms. The number of carbonyl (C=O) groups is 1. The third-order valence-electron chi connectivity index (χ3n) is 5.22. The molecule has 0 saturated carbocycles. The third-order valence-corrected chi connectivity index (χ3v) is 6.13. The number of hydrogen-bond donors (Lipinski definition) is 0. The van der Waals surface area contributed by atoms with Crippen LogP contribution in [0, 0.1) is 0 Å². The van der Waals surface area contributed by atoms with Gasteiger partial charge in [0.2, 0.25) is 5.91 Å². The second-order valence-electron chi connectivity index (χ2n) is 7.33. The van der Waals surface area contributed by atoms with E-state index in [1.54, 1.807) is 11.0 Å². The number of piperazine rings is 1. The molecule has 0 unspecified atom stereocenters. The average Bonchev–Trinajstić information content (AvgIpc) is 2.83. The van der Waals surface area contributed by atoms with Gasteiger partial charge in [0.15, 0.2) is 0 Å². The van der Waals surface area contributed by atoms with Crippen LogP contribution in [-0.2, 0) is 11.0 Å². The molecule has 5 nitrogen and oxygen atoms in total. The highest BCUT2D eigenvalue weighted by molar-refractivity contribution is 7.99. The summed E-state index contributed by atoms with van der Waals surface area (Å²) in [7, 11) is 0. The molecule has 0 N–H and O–H groups in total. The van der Waals surface area contributed by atoms with Crippen molar-refractivity contribution in [2.75, 3.05) is 36.8 Å². The number of aromatic nitrogens is 2. The summed E-state index contributed by atoms with van der Waals surface area (Å²) in [6.07, 6.45) is -4.37. The standard InChI is InChI=1S/C23H21F3N4OS/c24-23(25,26)18-7-4-8-19(15-18)29-11-13-30(14-12-29)22(31)16-32-21-10-9-20(27-28-21)17-5-2-1-3-6-17/h1-10,15H,11-14,16H2. The van der Waals surface area contributed by atoms with Crippen molar-refractivity contribution in [3.05, 3.63) is 72.3 Å². The number of nitrogens with zero attached hydrogens (tertiary/aromatic N) is 4. The molecule has 1 aliphatic heterocycles. The fourth-order valence-corrected chi connectivity index (χ4v) is 4.20. The van der Waals surface area contributed by atoms with Crippen molar-refractivity contribution in [3.8, 4) is 11.3 Å². The van der Waals surface area contributed by atoms with Crippen molar-refractivity contribution < 1.29 is 18.0 Å². The molecule has 0 bridgehead atoms. The summed E-state index contributed by atoms with van der Waals surface area (Å²) in [5.41, 5.74) is 1.61. The van der Waals surface area contributed by atoms with Crippen molar-refractivity contribution in [2.24, 2.45) is 0 Å². The second-order valence-corrected chi connectivity index (χ2v) is 8.32. The number of hydrogen-bond acceptors (Lipinski definition) is 5. The first-order valence-electron chi connectivity index (χ1n) is 10.1. The maximum atomic E-state index is 13.0. The maximum absolute atomic E-state index is 13.0. The van der Waals surface area contributed by atoms with Gasteiger partial charge in [-0.1, -0.05) is 48.2 Å². The van der Waals surface area contributed by atoms with Gasteiger partial charge in [-0.3, -0.25) is 4.79 Å². The lowest BCUT2D eigenvalue weighted by atomic mass is 10.1. The van der Waals surface area contributed by atoms with E-state index in [0.717, 1.165) is 23.4 Å². The highest BCUT2D eigenvalue weighted by Crippen LogP contribution is 2.32. The van der Waals surface area contributed by atoms with Gasteiger partial charge in [0.1, 0.15) is 5.03 Å². The van der Waals surface area contributed by atoms with Crippen LogP contribution in [0.4, 0.5) is 18.9 Å². The van der Waals surface area contributed by atoms with Gasteiger partial charge in [-0.05, 0) is 30.3 Å². The molecule has 9 heteroatoms. The SMILES string of the molecule is O=C(CSc1ccc(-c2ccccc2)nn1)N1CCN(c2cccc(C(F)(F)F)c2)CC1. The molecule has 1 aliphatic rings. The van der Waals surface area contributed by atoms with Crippen molar-refractivity contribution in [1.29, 1.82) is 0 Å². The monoisotopic (exact) mass is 458 g/mol. The molecule has 0 radical (unpaired) electrons. The van der Waals surface area contributed by atoms with Crippen LogP contribution in [-0.4, -0.2) is 52.9 Å². The Morgan fingerprint density at radius 3 is 2.31 bits per heavy atom. The molecule has 0 atom stereocenters. The van der Waals surface area contributed by atoms with Crippen LogP contribution in [0.2, 0.25) is 0 Å². The van der Waals surface area contributed by atoms with E-state index in [2.05, 4.69) is 10.2 Å². The lowest BCUT2D eigenvalue weighted by molar-refractivity contribution is -0.137. The van der Waals surface area contributed by atoms with Crippen LogP contribution in [0.1, 0.15) is 5.56 Å². The van der Waals surface area contributed by atoms with Gasteiger partial charge >= 0.3 is 6.18 Å². The minimum absolute atomic E-state index is 0.0207. The summed E-state index contributed by atoms with van der Waals surface area (Å²) in [5.74, 6) is 0.218. The molecule has 1 saturated heterocycles. The average molecular weight is 459 g/mol. The number of thioether (sulfide) groups is 1. The predicted octanol–water partition coefficient (Wildman–Crippen LogP) is 4.60. The third kappa shape index (κ3) is 5.40. The van der Waals surface area contributed by atoms with Gasteiger partial charge in [-0.15, -0.1) is 10.2 Å². The topological polar surface area (TPSA) is 49.3 Å². The highest BCUT2D eigenvalue weighted by atomic mass is 32.2. The van der Waals surface area contributed by atoms with Gasteiger partial charge in [-0.25, -0.2) is 0 Å². The van der Waals surface area contributed by atoms with Gasteiger partial charge in [0.25, 0.3) is 0 Å². The molecule has 1 fully saturated rings. The summed E-state index contributed by atoms with van der Waals surface area (Å²) < 4.78 is 38.9. The van der Waals surface area contributed by atoms with Crippen LogP contribution in [0.3, 0.4) is 0 Å². The van der Waals surface area contributed by atoms with E-state index in [-0.39, 0.29) is 11.7 Å². The smallest absolute Gasteiger partial charge is 0.368 e. The summed E-state index contributed by atoms with van der Waals surface area (Å²) in [5, 5.41) is 9.09. The maximum Gasteiger partial charge on any atom is 0.416 e. The lowest BCUT2D eigenvalue weighted by Crippen LogP contribution is -2.49. The van der Waals surface area contributed by atoms with Crippen LogP contribution >= 0.6 is 11.8 Å². The van der Waals surface area contributed by atoms with Crippen molar-refractivity contribution in [2.45, 2.75) is 11.2 Å². The zero-order chi connectivity index (χ0) is 22.6. The summed E-state index contributed by atoms with van der Waals surface area (Å²) in [6, 6.07) is 18.8. The van der Waals surface area contributed by atoms with E-state index < -0.39 is 11.7 Å². The number of anilines is 1. The molecule has 4 rings (SSSR count). The molecular weight excluding hydrogens is 437 g/mol. The quantitative estimate of drug-likeness (QED) is 0.523. The van der Waals surface area contributed by atoms with Crippen LogP contribution < -0.4 is 4.90 Å². The van der Waals surface area contributed by atoms with Crippen molar-refractivity contribution in [3.63, 3.8) is 0 Å². The molecule has 0 aliphatic carbocycles. The van der Waals surface area contributed by atoms with Crippen LogP contribution in [0.15, 0.2) is 71.8 Å². The van der Waals surface area contributed by atoms with E-state index >= 15 is 0 Å². The molecule has 2 heterocycles. The van der Waals surface area contributed by atoms with E-state index in [0.29, 0.717) is 36.9 Å². The molecule has 1 amide bonds. The Morgan fingerprint density at radius 1 is 0.906 bits per heavy atom. The van der Waals surface area contributed by atoms with Gasteiger partial charge in [-0.2, -0.15) is 13.2 Å². The molecule has 32 heavy (non-hydrogen) atoms. The fraction of sp³-hybridized carbons (Fsp3) is 0.261. The number of amides is 1. The van der Waals surface area contributed by atoms with Crippen molar-refractivity contribution in [1.82, 2.24) is 15.1 Å². The summed E-state index contributed by atoms with van der Waals surface area (Å²) in [4.78, 5) is 16.2. The van der Waals surface area contributed by atoms with E-state index in [4.69, 9.17) is 0 Å². The predicted molar refractivity (Wildman–Crippen MR) is 118 cm³/mol. The van der Waals surface area contributed by atoms with Crippen LogP contribution in [0.25, 0.3) is 11.3 Å². The van der Waals surface area contributed by atoms with Crippen molar-refractivity contribution >= 4 is 23.4 Å². The minimum Gasteiger partial charge on any atom is -0.368 e. The number of alkyl halides is 3. The first kappa shape index (κ1) is 22.1. The molecule has 166 valence electrons. The van der Waals surface area contributed by atoms with Crippen LogP contribution in [0.5, 0.6) is 0 Å². The van der Waals surface area contributed by atoms with E-state index in [9.17, 15) is 18.0 Å². The minimum atomic E-state index is -4.37. The Labute approximate surface area is 188 Å². The first-order chi connectivity index (χ1) is 15.4. The van der Waals surface area contributed by atoms with Gasteiger partial charge in [0.05, 0.1) is 17.0 Å². The number of halogens is 3. The van der Waals surface area contributed by atoms with E-state index in [1.165, 1.54) is 17.8 Å².